The van der Waals surface area contributed by atoms with Crippen LogP contribution in [0.3, 0.4) is 0 Å². The van der Waals surface area contributed by atoms with Crippen molar-refractivity contribution < 1.29 is 18.8 Å². The maximum atomic E-state index is 12.6. The Labute approximate surface area is 152 Å². The molecule has 0 saturated carbocycles. The Morgan fingerprint density at radius 2 is 2.04 bits per heavy atom. The summed E-state index contributed by atoms with van der Waals surface area (Å²) in [6, 6.07) is 7.66. The van der Waals surface area contributed by atoms with Gasteiger partial charge in [-0.05, 0) is 23.6 Å². The van der Waals surface area contributed by atoms with Crippen molar-refractivity contribution in [2.24, 2.45) is 5.73 Å². The van der Waals surface area contributed by atoms with E-state index in [2.05, 4.69) is 15.3 Å². The predicted octanol–water partition coefficient (Wildman–Crippen LogP) is 1.19. The number of primary amides is 1. The summed E-state index contributed by atoms with van der Waals surface area (Å²) >= 11 is 1.40. The number of oxazole rings is 1. The van der Waals surface area contributed by atoms with Crippen molar-refractivity contribution in [2.75, 3.05) is 0 Å². The van der Waals surface area contributed by atoms with Crippen LogP contribution in [0, 0.1) is 0 Å². The largest absolute Gasteiger partial charge is 0.438 e. The molecule has 0 spiro atoms. The molecule has 132 valence electrons. The quantitative estimate of drug-likeness (QED) is 0.601. The number of ketones is 1. The summed E-state index contributed by atoms with van der Waals surface area (Å²) in [6.45, 7) is 0. The minimum Gasteiger partial charge on any atom is -0.438 e. The molecular formula is C17H14N4O4S. The molecule has 0 aliphatic heterocycles. The van der Waals surface area contributed by atoms with Crippen molar-refractivity contribution in [3.8, 4) is 11.4 Å². The average Bonchev–Trinajstić information content (AvgIpc) is 3.32. The number of aromatic nitrogens is 2. The van der Waals surface area contributed by atoms with Crippen LogP contribution in [0.1, 0.15) is 15.4 Å². The van der Waals surface area contributed by atoms with Gasteiger partial charge in [0.15, 0.2) is 6.39 Å². The fraction of sp³-hybridized carbons (Fsp3) is 0.118. The first-order valence-electron chi connectivity index (χ1n) is 7.58. The zero-order chi connectivity index (χ0) is 18.5. The number of carbonyl (C=O) groups is 3. The maximum Gasteiger partial charge on any atom is 0.290 e. The molecule has 3 aromatic heterocycles. The van der Waals surface area contributed by atoms with E-state index in [0.29, 0.717) is 5.69 Å². The zero-order valence-corrected chi connectivity index (χ0v) is 14.2. The van der Waals surface area contributed by atoms with Crippen LogP contribution in [0.25, 0.3) is 11.4 Å². The molecular weight excluding hydrogens is 356 g/mol. The van der Waals surface area contributed by atoms with Crippen LogP contribution in [0.4, 0.5) is 0 Å². The number of nitrogens with one attached hydrogen (secondary N) is 1. The van der Waals surface area contributed by atoms with E-state index in [1.165, 1.54) is 11.3 Å². The van der Waals surface area contributed by atoms with E-state index in [0.717, 1.165) is 11.3 Å². The molecule has 0 aliphatic rings. The van der Waals surface area contributed by atoms with Crippen LogP contribution >= 0.6 is 11.3 Å². The molecule has 0 fully saturated rings. The Hall–Kier alpha value is -3.33. The summed E-state index contributed by atoms with van der Waals surface area (Å²) in [6.07, 6.45) is 2.82. The summed E-state index contributed by atoms with van der Waals surface area (Å²) in [5.74, 6) is -2.78. The van der Waals surface area contributed by atoms with Gasteiger partial charge in [0, 0.05) is 17.5 Å². The van der Waals surface area contributed by atoms with Gasteiger partial charge in [0.25, 0.3) is 11.8 Å². The topological polar surface area (TPSA) is 128 Å². The first-order chi connectivity index (χ1) is 12.6. The highest BCUT2D eigenvalue weighted by molar-refractivity contribution is 7.09. The highest BCUT2D eigenvalue weighted by Gasteiger charge is 2.28. The molecule has 3 N–H and O–H groups in total. The first kappa shape index (κ1) is 17.5. The van der Waals surface area contributed by atoms with Crippen molar-refractivity contribution in [2.45, 2.75) is 12.5 Å². The smallest absolute Gasteiger partial charge is 0.290 e. The molecule has 0 aromatic carbocycles. The van der Waals surface area contributed by atoms with Crippen molar-refractivity contribution in [1.29, 1.82) is 0 Å². The summed E-state index contributed by atoms with van der Waals surface area (Å²) in [5, 5.41) is 4.34. The number of carbonyl (C=O) groups excluding carboxylic acids is 3. The molecule has 3 aromatic rings. The van der Waals surface area contributed by atoms with Crippen LogP contribution in [-0.2, 0) is 16.0 Å². The third-order valence-electron chi connectivity index (χ3n) is 3.53. The van der Waals surface area contributed by atoms with E-state index in [9.17, 15) is 14.4 Å². The monoisotopic (exact) mass is 370 g/mol. The molecule has 2 amide bonds. The van der Waals surface area contributed by atoms with Crippen LogP contribution in [0.2, 0.25) is 0 Å². The highest BCUT2D eigenvalue weighted by atomic mass is 32.1. The van der Waals surface area contributed by atoms with Gasteiger partial charge in [-0.25, -0.2) is 4.98 Å². The molecule has 0 bridgehead atoms. The summed E-state index contributed by atoms with van der Waals surface area (Å²) in [5.41, 5.74) is 5.79. The van der Waals surface area contributed by atoms with Gasteiger partial charge in [0.1, 0.15) is 11.7 Å². The molecule has 26 heavy (non-hydrogen) atoms. The minimum atomic E-state index is -1.12. The van der Waals surface area contributed by atoms with Gasteiger partial charge in [-0.15, -0.1) is 11.3 Å². The van der Waals surface area contributed by atoms with Gasteiger partial charge in [0.2, 0.25) is 11.5 Å². The van der Waals surface area contributed by atoms with E-state index in [-0.39, 0.29) is 17.9 Å². The van der Waals surface area contributed by atoms with Gasteiger partial charge in [-0.1, -0.05) is 12.1 Å². The van der Waals surface area contributed by atoms with Crippen LogP contribution in [-0.4, -0.2) is 33.6 Å². The first-order valence-corrected chi connectivity index (χ1v) is 8.46. The molecule has 8 nitrogen and oxygen atoms in total. The summed E-state index contributed by atoms with van der Waals surface area (Å²) in [4.78, 5) is 44.9. The Morgan fingerprint density at radius 1 is 1.19 bits per heavy atom. The summed E-state index contributed by atoms with van der Waals surface area (Å²) in [7, 11) is 0. The van der Waals surface area contributed by atoms with Crippen molar-refractivity contribution in [3.63, 3.8) is 0 Å². The highest BCUT2D eigenvalue weighted by Crippen LogP contribution is 2.20. The SMILES string of the molecule is NC(=O)C(=O)C(Cc1cccs1)NC(=O)c1ocnc1-c1ccccn1. The predicted molar refractivity (Wildman–Crippen MR) is 93.2 cm³/mol. The molecule has 9 heteroatoms. The van der Waals surface area contributed by atoms with Gasteiger partial charge in [-0.3, -0.25) is 19.4 Å². The van der Waals surface area contributed by atoms with Crippen molar-refractivity contribution in [3.05, 3.63) is 58.9 Å². The minimum absolute atomic E-state index is 0.0999. The Balaban J connectivity index is 1.83. The number of nitrogens with two attached hydrogens (primary N) is 1. The lowest BCUT2D eigenvalue weighted by atomic mass is 10.1. The second-order valence-corrected chi connectivity index (χ2v) is 6.32. The number of Topliss-reactive ketones (excluding diaryl/α,β-unsaturated/α-hetero) is 1. The number of hydrogen-bond donors (Lipinski definition) is 2. The number of rotatable bonds is 7. The molecule has 3 rings (SSSR count). The van der Waals surface area contributed by atoms with Crippen LogP contribution in [0.15, 0.2) is 52.7 Å². The average molecular weight is 370 g/mol. The fourth-order valence-electron chi connectivity index (χ4n) is 2.33. The molecule has 1 unspecified atom stereocenters. The van der Waals surface area contributed by atoms with E-state index in [1.807, 2.05) is 11.4 Å². The van der Waals surface area contributed by atoms with Crippen LogP contribution in [0.5, 0.6) is 0 Å². The standard InChI is InChI=1S/C17H14N4O4S/c18-16(23)14(22)12(8-10-4-3-7-26-10)21-17(24)15-13(20-9-25-15)11-5-1-2-6-19-11/h1-7,9,12H,8H2,(H2,18,23)(H,21,24). The normalized spacial score (nSPS) is 11.7. The van der Waals surface area contributed by atoms with Crippen molar-refractivity contribution >= 4 is 28.9 Å². The zero-order valence-electron chi connectivity index (χ0n) is 13.4. The molecule has 0 radical (unpaired) electrons. The molecule has 0 saturated heterocycles. The van der Waals surface area contributed by atoms with Gasteiger partial charge < -0.3 is 15.5 Å². The van der Waals surface area contributed by atoms with Gasteiger partial charge >= 0.3 is 0 Å². The van der Waals surface area contributed by atoms with Gasteiger partial charge in [-0.2, -0.15) is 0 Å². The lowest BCUT2D eigenvalue weighted by Gasteiger charge is -2.14. The molecule has 0 aliphatic carbocycles. The number of hydrogen-bond acceptors (Lipinski definition) is 7. The third kappa shape index (κ3) is 3.83. The lowest BCUT2D eigenvalue weighted by Crippen LogP contribution is -2.47. The Morgan fingerprint density at radius 3 is 2.69 bits per heavy atom. The molecule has 3 heterocycles. The Bertz CT molecular complexity index is 921. The molecule has 1 atom stereocenters. The van der Waals surface area contributed by atoms with E-state index in [1.54, 1.807) is 30.5 Å². The number of nitrogens with zero attached hydrogens (tertiary/aromatic N) is 2. The van der Waals surface area contributed by atoms with E-state index < -0.39 is 23.6 Å². The second kappa shape index (κ2) is 7.70. The van der Waals surface area contributed by atoms with Gasteiger partial charge in [0.05, 0.1) is 5.69 Å². The van der Waals surface area contributed by atoms with Crippen LogP contribution < -0.4 is 11.1 Å². The fourth-order valence-corrected chi connectivity index (χ4v) is 3.08. The second-order valence-electron chi connectivity index (χ2n) is 5.28. The third-order valence-corrected chi connectivity index (χ3v) is 4.43. The Kier molecular flexibility index (Phi) is 5.18. The van der Waals surface area contributed by atoms with E-state index in [4.69, 9.17) is 10.2 Å². The van der Waals surface area contributed by atoms with E-state index >= 15 is 0 Å². The summed E-state index contributed by atoms with van der Waals surface area (Å²) < 4.78 is 5.17. The number of pyridine rings is 1. The lowest BCUT2D eigenvalue weighted by molar-refractivity contribution is -0.137. The maximum absolute atomic E-state index is 12.6. The number of amides is 2. The van der Waals surface area contributed by atoms with Crippen molar-refractivity contribution in [1.82, 2.24) is 15.3 Å². The number of thiophene rings is 1.